The van der Waals surface area contributed by atoms with Crippen LogP contribution in [0.5, 0.6) is 5.75 Å². The number of anilines is 1. The molecule has 0 radical (unpaired) electrons. The molecule has 0 aromatic heterocycles. The molecule has 0 aliphatic heterocycles. The van der Waals surface area contributed by atoms with Gasteiger partial charge in [-0.1, -0.05) is 6.92 Å². The van der Waals surface area contributed by atoms with Crippen molar-refractivity contribution in [3.05, 3.63) is 24.3 Å². The minimum atomic E-state index is 0.136. The van der Waals surface area contributed by atoms with Gasteiger partial charge in [-0.05, 0) is 57.1 Å². The van der Waals surface area contributed by atoms with E-state index in [4.69, 9.17) is 4.74 Å². The number of carbonyl (C=O) groups is 1. The van der Waals surface area contributed by atoms with E-state index < -0.39 is 0 Å². The lowest BCUT2D eigenvalue weighted by atomic mass is 10.2. The van der Waals surface area contributed by atoms with Gasteiger partial charge in [-0.2, -0.15) is 0 Å². The van der Waals surface area contributed by atoms with Crippen LogP contribution in [0.1, 0.15) is 19.8 Å². The average molecular weight is 276 g/mol. The second kappa shape index (κ2) is 6.75. The topological polar surface area (TPSA) is 41.6 Å². The molecule has 110 valence electrons. The fraction of sp³-hybridized carbons (Fsp3) is 0.562. The molecular weight excluding hydrogens is 252 g/mol. The highest BCUT2D eigenvalue weighted by Gasteiger charge is 2.38. The van der Waals surface area contributed by atoms with Crippen molar-refractivity contribution in [1.82, 2.24) is 4.90 Å². The Morgan fingerprint density at radius 2 is 2.00 bits per heavy atom. The van der Waals surface area contributed by atoms with Gasteiger partial charge in [0.05, 0.1) is 6.61 Å². The summed E-state index contributed by atoms with van der Waals surface area (Å²) in [6.45, 7) is 3.84. The molecule has 1 N–H and O–H groups in total. The van der Waals surface area contributed by atoms with E-state index in [2.05, 4.69) is 31.2 Å². The van der Waals surface area contributed by atoms with Crippen molar-refractivity contribution in [2.45, 2.75) is 19.8 Å². The maximum Gasteiger partial charge on any atom is 0.227 e. The summed E-state index contributed by atoms with van der Waals surface area (Å²) in [5.74, 6) is 1.73. The number of hydrogen-bond donors (Lipinski definition) is 1. The molecule has 0 spiro atoms. The Kier molecular flexibility index (Phi) is 5.01. The third-order valence-corrected chi connectivity index (χ3v) is 3.59. The van der Waals surface area contributed by atoms with Crippen LogP contribution in [-0.2, 0) is 4.79 Å². The molecule has 0 unspecified atom stereocenters. The molecule has 4 heteroatoms. The minimum Gasteiger partial charge on any atom is -0.494 e. The third kappa shape index (κ3) is 4.53. The van der Waals surface area contributed by atoms with E-state index in [1.54, 1.807) is 0 Å². The molecule has 1 aliphatic carbocycles. The number of nitrogens with zero attached hydrogens (tertiary/aromatic N) is 1. The van der Waals surface area contributed by atoms with Crippen molar-refractivity contribution in [1.29, 1.82) is 0 Å². The molecule has 2 rings (SSSR count). The summed E-state index contributed by atoms with van der Waals surface area (Å²) < 4.78 is 5.65. The highest BCUT2D eigenvalue weighted by atomic mass is 16.5. The molecule has 20 heavy (non-hydrogen) atoms. The predicted octanol–water partition coefficient (Wildman–Crippen LogP) is 2.61. The molecule has 1 aliphatic rings. The van der Waals surface area contributed by atoms with Crippen molar-refractivity contribution >= 4 is 11.6 Å². The maximum absolute atomic E-state index is 11.8. The van der Waals surface area contributed by atoms with Crippen molar-refractivity contribution < 1.29 is 9.53 Å². The van der Waals surface area contributed by atoms with Gasteiger partial charge in [0.2, 0.25) is 5.91 Å². The maximum atomic E-state index is 11.8. The molecule has 0 heterocycles. The molecule has 1 saturated carbocycles. The highest BCUT2D eigenvalue weighted by molar-refractivity contribution is 5.94. The predicted molar refractivity (Wildman–Crippen MR) is 81.0 cm³/mol. The molecular formula is C16H24N2O2. The van der Waals surface area contributed by atoms with Gasteiger partial charge < -0.3 is 15.0 Å². The third-order valence-electron chi connectivity index (χ3n) is 3.59. The molecule has 0 saturated heterocycles. The Balaban J connectivity index is 1.73. The fourth-order valence-corrected chi connectivity index (χ4v) is 2.13. The zero-order chi connectivity index (χ0) is 14.5. The molecule has 1 fully saturated rings. The summed E-state index contributed by atoms with van der Waals surface area (Å²) in [5.41, 5.74) is 0.842. The van der Waals surface area contributed by atoms with E-state index in [-0.39, 0.29) is 11.8 Å². The lowest BCUT2D eigenvalue weighted by Crippen LogP contribution is -2.15. The molecule has 1 aromatic rings. The van der Waals surface area contributed by atoms with Crippen LogP contribution >= 0.6 is 0 Å². The van der Waals surface area contributed by atoms with Gasteiger partial charge in [0.25, 0.3) is 0 Å². The molecule has 0 bridgehead atoms. The average Bonchev–Trinajstić information content (AvgIpc) is 3.14. The molecule has 4 nitrogen and oxygen atoms in total. The first-order valence-electron chi connectivity index (χ1n) is 7.24. The number of ether oxygens (including phenoxy) is 1. The van der Waals surface area contributed by atoms with E-state index >= 15 is 0 Å². The van der Waals surface area contributed by atoms with Crippen LogP contribution in [0.2, 0.25) is 0 Å². The van der Waals surface area contributed by atoms with Crippen molar-refractivity contribution in [2.75, 3.05) is 32.6 Å². The largest absolute Gasteiger partial charge is 0.494 e. The van der Waals surface area contributed by atoms with Gasteiger partial charge in [0, 0.05) is 18.2 Å². The number of rotatable bonds is 7. The number of carbonyl (C=O) groups excluding carboxylic acids is 1. The monoisotopic (exact) mass is 276 g/mol. The molecule has 1 aromatic carbocycles. The second-order valence-electron chi connectivity index (χ2n) is 5.84. The highest BCUT2D eigenvalue weighted by Crippen LogP contribution is 2.38. The Morgan fingerprint density at radius 3 is 2.55 bits per heavy atom. The van der Waals surface area contributed by atoms with E-state index in [0.29, 0.717) is 12.5 Å². The fourth-order valence-electron chi connectivity index (χ4n) is 2.13. The van der Waals surface area contributed by atoms with Crippen LogP contribution in [0.25, 0.3) is 0 Å². The first kappa shape index (κ1) is 14.9. The summed E-state index contributed by atoms with van der Waals surface area (Å²) in [5, 5.41) is 2.94. The summed E-state index contributed by atoms with van der Waals surface area (Å²) in [4.78, 5) is 13.9. The zero-order valence-electron chi connectivity index (χ0n) is 12.6. The lowest BCUT2D eigenvalue weighted by molar-refractivity contribution is -0.117. The Morgan fingerprint density at radius 1 is 1.35 bits per heavy atom. The lowest BCUT2D eigenvalue weighted by Gasteiger charge is -2.11. The van der Waals surface area contributed by atoms with Crippen LogP contribution in [0.4, 0.5) is 5.69 Å². The summed E-state index contributed by atoms with van der Waals surface area (Å²) >= 11 is 0. The number of hydrogen-bond acceptors (Lipinski definition) is 3. The number of amides is 1. The van der Waals surface area contributed by atoms with Crippen LogP contribution in [0.3, 0.4) is 0 Å². The van der Waals surface area contributed by atoms with Gasteiger partial charge >= 0.3 is 0 Å². The smallest absolute Gasteiger partial charge is 0.227 e. The SMILES string of the molecule is C[C@@H]1C[C@H]1C(=O)Nc1ccc(OCCCN(C)C)cc1. The van der Waals surface area contributed by atoms with Crippen LogP contribution in [-0.4, -0.2) is 38.1 Å². The van der Waals surface area contributed by atoms with Gasteiger partial charge in [-0.3, -0.25) is 4.79 Å². The summed E-state index contributed by atoms with van der Waals surface area (Å²) in [7, 11) is 4.11. The summed E-state index contributed by atoms with van der Waals surface area (Å²) in [6.07, 6.45) is 2.02. The van der Waals surface area contributed by atoms with E-state index in [1.165, 1.54) is 0 Å². The first-order chi connectivity index (χ1) is 9.56. The van der Waals surface area contributed by atoms with E-state index in [0.717, 1.165) is 30.8 Å². The molecule has 1 amide bonds. The van der Waals surface area contributed by atoms with Crippen LogP contribution in [0.15, 0.2) is 24.3 Å². The van der Waals surface area contributed by atoms with Crippen molar-refractivity contribution in [3.8, 4) is 5.75 Å². The quantitative estimate of drug-likeness (QED) is 0.778. The second-order valence-corrected chi connectivity index (χ2v) is 5.84. The zero-order valence-corrected chi connectivity index (χ0v) is 12.6. The Bertz CT molecular complexity index is 442. The van der Waals surface area contributed by atoms with Crippen molar-refractivity contribution in [2.24, 2.45) is 11.8 Å². The van der Waals surface area contributed by atoms with E-state index in [1.807, 2.05) is 24.3 Å². The van der Waals surface area contributed by atoms with Gasteiger partial charge in [-0.15, -0.1) is 0 Å². The van der Waals surface area contributed by atoms with Gasteiger partial charge in [-0.25, -0.2) is 0 Å². The van der Waals surface area contributed by atoms with Crippen LogP contribution < -0.4 is 10.1 Å². The van der Waals surface area contributed by atoms with Gasteiger partial charge in [0.15, 0.2) is 0 Å². The first-order valence-corrected chi connectivity index (χ1v) is 7.24. The summed E-state index contributed by atoms with van der Waals surface area (Å²) in [6, 6.07) is 7.60. The van der Waals surface area contributed by atoms with Gasteiger partial charge in [0.1, 0.15) is 5.75 Å². The Hall–Kier alpha value is -1.55. The van der Waals surface area contributed by atoms with Crippen LogP contribution in [0, 0.1) is 11.8 Å². The number of nitrogens with one attached hydrogen (secondary N) is 1. The van der Waals surface area contributed by atoms with Crippen molar-refractivity contribution in [3.63, 3.8) is 0 Å². The standard InChI is InChI=1S/C16H24N2O2/c1-12-11-15(12)16(19)17-13-5-7-14(8-6-13)20-10-4-9-18(2)3/h5-8,12,15H,4,9-11H2,1-3H3,(H,17,19)/t12-,15-/m1/s1. The minimum absolute atomic E-state index is 0.136. The number of benzene rings is 1. The van der Waals surface area contributed by atoms with E-state index in [9.17, 15) is 4.79 Å². The Labute approximate surface area is 121 Å². The normalized spacial score (nSPS) is 20.8. The molecule has 2 atom stereocenters.